The summed E-state index contributed by atoms with van der Waals surface area (Å²) >= 11 is 29.0. The summed E-state index contributed by atoms with van der Waals surface area (Å²) in [5.41, 5.74) is 8.63. The van der Waals surface area contributed by atoms with Gasteiger partial charge in [-0.3, -0.25) is 0 Å². The van der Waals surface area contributed by atoms with Crippen LogP contribution in [0.5, 0.6) is 28.7 Å². The standard InChI is InChI=1S/C27H33N3O4.C22H23ClN2O4.C16H17BrClNO4.C15H15BrClNO4.C15H16ClNO4/c1-20-8-6-15-30(20)16-7-17-33-23-13-11-22(12-14-23)26-29-24(25(34-26)27(31)32-2)19-28-18-21-9-4-3-5-10-21;1-27-22(26)20-19(15-24-14-16-6-3-2-4-7-16)25-21(29-20)17-8-10-18(11-9-17)28-13-5-12-23;1-2-21-16(20)14-13(10-17)19-15(23-14)11-4-6-12(7-5-11)22-9-3-8-18;1-20-15(19)13-12(9-16)18-14(22-13)10-3-5-11(6-4-10)21-8-2-7-17;1-10-13(15(18)19-2)21-14(17-10)11-4-6-12(7-5-11)20-9-3-8-16/h3-5,9-14,20,28H,6-8,15-19H2,1-2H3;2-4,6-11,24H,5,12-15H2,1H3;4-7H,2-3,8-10H2,1H3;3-6H,2,7-9H2,1H3;4-7H,3,8-9H2,1-2H3. The average molecular weight is 1980 g/mol. The summed E-state index contributed by atoms with van der Waals surface area (Å²) < 4.78 is 80.1. The Kier molecular flexibility index (Phi) is 43.9. The molecule has 7 aromatic carbocycles. The van der Waals surface area contributed by atoms with Crippen LogP contribution in [-0.2, 0) is 60.5 Å². The number of carbonyl (C=O) groups excluding carboxylic acids is 5. The quantitative estimate of drug-likeness (QED) is 0.0155. The Morgan fingerprint density at radius 1 is 0.388 bits per heavy atom. The number of methoxy groups -OCH3 is 4. The summed E-state index contributed by atoms with van der Waals surface area (Å²) in [7, 11) is 5.26. The van der Waals surface area contributed by atoms with E-state index in [1.807, 2.05) is 182 Å². The van der Waals surface area contributed by atoms with Gasteiger partial charge in [0.2, 0.25) is 58.3 Å². The molecule has 1 aliphatic rings. The first kappa shape index (κ1) is 102. The number of aryl methyl sites for hydroxylation is 1. The van der Waals surface area contributed by atoms with Crippen molar-refractivity contribution in [2.45, 2.75) is 109 Å². The molecule has 686 valence electrons. The predicted octanol–water partition coefficient (Wildman–Crippen LogP) is 21.0. The number of oxazole rings is 5. The molecule has 1 saturated heterocycles. The van der Waals surface area contributed by atoms with E-state index in [4.69, 9.17) is 106 Å². The van der Waals surface area contributed by atoms with Crippen molar-refractivity contribution in [1.29, 1.82) is 0 Å². The van der Waals surface area contributed by atoms with Gasteiger partial charge < -0.3 is 85.0 Å². The molecule has 34 heteroatoms. The van der Waals surface area contributed by atoms with E-state index >= 15 is 0 Å². The van der Waals surface area contributed by atoms with E-state index in [2.05, 4.69) is 88.7 Å². The van der Waals surface area contributed by atoms with E-state index in [1.54, 1.807) is 13.8 Å². The zero-order chi connectivity index (χ0) is 92.1. The number of esters is 5. The maximum Gasteiger partial charge on any atom is 0.376 e. The van der Waals surface area contributed by atoms with Crippen molar-refractivity contribution in [1.82, 2.24) is 40.5 Å². The van der Waals surface area contributed by atoms with Gasteiger partial charge in [-0.25, -0.2) is 48.9 Å². The summed E-state index contributed by atoms with van der Waals surface area (Å²) in [5.74, 6) is 5.80. The van der Waals surface area contributed by atoms with Crippen molar-refractivity contribution in [2.24, 2.45) is 0 Å². The van der Waals surface area contributed by atoms with Crippen LogP contribution >= 0.6 is 78.3 Å². The fraction of sp³-hybridized carbons (Fsp3) is 0.347. The molecule has 0 bridgehead atoms. The second-order valence-corrected chi connectivity index (χ2v) is 30.8. The van der Waals surface area contributed by atoms with Crippen LogP contribution in [0.4, 0.5) is 0 Å². The van der Waals surface area contributed by atoms with Crippen molar-refractivity contribution in [3.8, 4) is 86.0 Å². The lowest BCUT2D eigenvalue weighted by molar-refractivity contribution is 0.0487. The number of hydrogen-bond donors (Lipinski definition) is 2. The maximum absolute atomic E-state index is 12.2. The zero-order valence-electron chi connectivity index (χ0n) is 72.7. The first-order chi connectivity index (χ1) is 62.9. The molecule has 0 saturated carbocycles. The minimum Gasteiger partial charge on any atom is -0.494 e. The molecular formula is C95H104Br2Cl4N8O20. The van der Waals surface area contributed by atoms with Crippen molar-refractivity contribution in [3.63, 3.8) is 0 Å². The average Bonchev–Trinajstić information content (AvgIpc) is 1.41. The van der Waals surface area contributed by atoms with Crippen LogP contribution < -0.4 is 34.3 Å². The van der Waals surface area contributed by atoms with Crippen LogP contribution in [0.2, 0.25) is 0 Å². The monoisotopic (exact) mass is 1970 g/mol. The lowest BCUT2D eigenvalue weighted by atomic mass is 10.2. The molecule has 2 N–H and O–H groups in total. The summed E-state index contributed by atoms with van der Waals surface area (Å²) in [4.78, 5) is 83.8. The number of likely N-dealkylation sites (tertiary alicyclic amines) is 1. The minimum atomic E-state index is -0.554. The number of hydrogen-bond acceptors (Lipinski definition) is 28. The molecule has 12 aromatic rings. The lowest BCUT2D eigenvalue weighted by Crippen LogP contribution is -2.28. The van der Waals surface area contributed by atoms with Crippen LogP contribution in [0, 0.1) is 6.92 Å². The van der Waals surface area contributed by atoms with Gasteiger partial charge >= 0.3 is 29.8 Å². The minimum absolute atomic E-state index is 0.102. The lowest BCUT2D eigenvalue weighted by Gasteiger charge is -2.20. The molecule has 28 nitrogen and oxygen atoms in total. The Morgan fingerprint density at radius 2 is 0.674 bits per heavy atom. The number of ether oxygens (including phenoxy) is 10. The SMILES string of the molecule is CCOC(=O)c1oc(-c2ccc(OCCCCl)cc2)nc1CBr.COC(=O)c1oc(-c2ccc(OCCCCl)cc2)nc1C.COC(=O)c1oc(-c2ccc(OCCCCl)cc2)nc1CBr.COC(=O)c1oc(-c2ccc(OCCCCl)cc2)nc1CNCc1ccccc1.COC(=O)c1oc(-c2ccc(OCCCN3CCCC3C)cc2)nc1CNCc1ccccc1. The van der Waals surface area contributed by atoms with Crippen molar-refractivity contribution >= 4 is 108 Å². The van der Waals surface area contributed by atoms with E-state index in [1.165, 1.54) is 47.8 Å². The highest BCUT2D eigenvalue weighted by Gasteiger charge is 2.27. The number of nitrogens with one attached hydrogen (secondary N) is 2. The normalized spacial score (nSPS) is 12.0. The molecule has 0 amide bonds. The predicted molar refractivity (Wildman–Crippen MR) is 499 cm³/mol. The van der Waals surface area contributed by atoms with Crippen LogP contribution in [0.1, 0.15) is 151 Å². The third kappa shape index (κ3) is 32.2. The van der Waals surface area contributed by atoms with E-state index < -0.39 is 29.8 Å². The van der Waals surface area contributed by atoms with E-state index in [-0.39, 0.29) is 35.4 Å². The molecule has 6 heterocycles. The van der Waals surface area contributed by atoms with Crippen LogP contribution in [-0.4, -0.2) is 170 Å². The molecule has 1 atom stereocenters. The second-order valence-electron chi connectivity index (χ2n) is 28.2. The van der Waals surface area contributed by atoms with E-state index in [0.29, 0.717) is 157 Å². The Morgan fingerprint density at radius 3 is 0.969 bits per heavy atom. The molecule has 5 aromatic heterocycles. The van der Waals surface area contributed by atoms with Crippen LogP contribution in [0.15, 0.2) is 204 Å². The highest BCUT2D eigenvalue weighted by molar-refractivity contribution is 9.08. The summed E-state index contributed by atoms with van der Waals surface area (Å²) in [6.07, 6.45) is 6.77. The third-order valence-corrected chi connectivity index (χ3v) is 21.1. The number of halogens is 6. The highest BCUT2D eigenvalue weighted by Crippen LogP contribution is 2.32. The van der Waals surface area contributed by atoms with Crippen molar-refractivity contribution in [3.05, 3.63) is 250 Å². The molecule has 1 unspecified atom stereocenters. The van der Waals surface area contributed by atoms with Gasteiger partial charge in [0.1, 0.15) is 51.5 Å². The summed E-state index contributed by atoms with van der Waals surface area (Å²) in [6, 6.07) is 57.5. The second kappa shape index (κ2) is 55.7. The first-order valence-corrected chi connectivity index (χ1v) is 46.0. The Labute approximate surface area is 786 Å². The number of aromatic nitrogens is 5. The summed E-state index contributed by atoms with van der Waals surface area (Å²) in [5, 5.41) is 7.40. The topological polar surface area (TPSA) is 335 Å². The fourth-order valence-electron chi connectivity index (χ4n) is 12.3. The molecule has 0 spiro atoms. The Bertz CT molecular complexity index is 5360. The third-order valence-electron chi connectivity index (χ3n) is 19.0. The molecular weight excluding hydrogens is 1870 g/mol. The summed E-state index contributed by atoms with van der Waals surface area (Å²) in [6.45, 7) is 13.3. The first-order valence-electron chi connectivity index (χ1n) is 41.6. The molecule has 1 aliphatic heterocycles. The number of nitrogens with zero attached hydrogens (tertiary/aromatic N) is 6. The molecule has 129 heavy (non-hydrogen) atoms. The largest absolute Gasteiger partial charge is 0.494 e. The van der Waals surface area contributed by atoms with Gasteiger partial charge in [0.05, 0.1) is 73.8 Å². The molecule has 0 aliphatic carbocycles. The van der Waals surface area contributed by atoms with Gasteiger partial charge in [-0.1, -0.05) is 92.5 Å². The zero-order valence-corrected chi connectivity index (χ0v) is 78.9. The fourth-order valence-corrected chi connectivity index (χ4v) is 13.5. The highest BCUT2D eigenvalue weighted by atomic mass is 79.9. The molecule has 13 rings (SSSR count). The van der Waals surface area contributed by atoms with Gasteiger partial charge in [0.15, 0.2) is 0 Å². The van der Waals surface area contributed by atoms with Crippen molar-refractivity contribution in [2.75, 3.05) is 105 Å². The Hall–Kier alpha value is -11.1. The van der Waals surface area contributed by atoms with Crippen LogP contribution in [0.3, 0.4) is 0 Å². The van der Waals surface area contributed by atoms with Gasteiger partial charge in [-0.2, -0.15) is 0 Å². The molecule has 0 radical (unpaired) electrons. The van der Waals surface area contributed by atoms with Gasteiger partial charge in [-0.05, 0) is 205 Å². The van der Waals surface area contributed by atoms with Gasteiger partial charge in [0, 0.05) is 101 Å². The van der Waals surface area contributed by atoms with Crippen LogP contribution in [0.25, 0.3) is 57.3 Å². The Balaban J connectivity index is 0.000000184. The molecule has 1 fully saturated rings. The van der Waals surface area contributed by atoms with Gasteiger partial charge in [-0.15, -0.1) is 46.4 Å². The van der Waals surface area contributed by atoms with Gasteiger partial charge in [0.25, 0.3) is 0 Å². The smallest absolute Gasteiger partial charge is 0.376 e. The van der Waals surface area contributed by atoms with Crippen molar-refractivity contribution < 1.29 is 93.4 Å². The number of benzene rings is 7. The maximum atomic E-state index is 12.2. The number of rotatable bonds is 42. The number of alkyl halides is 6. The van der Waals surface area contributed by atoms with E-state index in [9.17, 15) is 24.0 Å². The van der Waals surface area contributed by atoms with E-state index in [0.717, 1.165) is 106 Å². The number of carbonyl (C=O) groups is 5.